The molecule has 4 rings (SSSR count). The van der Waals surface area contributed by atoms with Crippen molar-refractivity contribution in [2.45, 2.75) is 43.4 Å². The largest absolute Gasteiger partial charge is 0.225 e. The van der Waals surface area contributed by atoms with Gasteiger partial charge in [0.2, 0.25) is 10.0 Å². The van der Waals surface area contributed by atoms with Gasteiger partial charge in [0.1, 0.15) is 5.21 Å². The zero-order valence-corrected chi connectivity index (χ0v) is 12.6. The van der Waals surface area contributed by atoms with Crippen molar-refractivity contribution in [2.75, 3.05) is 11.8 Å². The summed E-state index contributed by atoms with van der Waals surface area (Å²) in [5.74, 6) is 1.40. The number of hydrogen-bond acceptors (Lipinski definition) is 2. The highest BCUT2D eigenvalue weighted by atomic mass is 35.5. The van der Waals surface area contributed by atoms with Crippen molar-refractivity contribution >= 4 is 33.2 Å². The fourth-order valence-corrected chi connectivity index (χ4v) is 6.40. The highest BCUT2D eigenvalue weighted by Crippen LogP contribution is 2.63. The van der Waals surface area contributed by atoms with Crippen LogP contribution >= 0.6 is 23.2 Å². The fourth-order valence-electron chi connectivity index (χ4n) is 4.84. The summed E-state index contributed by atoms with van der Waals surface area (Å²) in [4.78, 5) is -0.0590. The number of alkyl halides is 2. The highest BCUT2D eigenvalue weighted by molar-refractivity contribution is 7.90. The zero-order chi connectivity index (χ0) is 13.0. The molecule has 0 spiro atoms. The molecule has 2 atom stereocenters. The molecule has 6 heteroatoms. The molecule has 0 saturated heterocycles. The maximum Gasteiger partial charge on any atom is 0.225 e. The van der Waals surface area contributed by atoms with Gasteiger partial charge in [0.25, 0.3) is 0 Å². The summed E-state index contributed by atoms with van der Waals surface area (Å²) in [6.07, 6.45) is 6.74. The van der Waals surface area contributed by atoms with Gasteiger partial charge in [-0.3, -0.25) is 0 Å². The van der Waals surface area contributed by atoms with Gasteiger partial charge in [-0.1, -0.05) is 0 Å². The molecule has 0 heterocycles. The van der Waals surface area contributed by atoms with E-state index in [4.69, 9.17) is 23.2 Å². The van der Waals surface area contributed by atoms with Crippen LogP contribution in [0.4, 0.5) is 0 Å². The highest BCUT2D eigenvalue weighted by Gasteiger charge is 2.56. The van der Waals surface area contributed by atoms with Gasteiger partial charge in [0, 0.05) is 11.4 Å². The SMILES string of the molecule is O=S(=O)(CCl)NCC12CC3CC(CC(Cl)(C3)C1)C2. The molecule has 0 aromatic carbocycles. The van der Waals surface area contributed by atoms with Gasteiger partial charge >= 0.3 is 0 Å². The monoisotopic (exact) mass is 311 g/mol. The Bertz CT molecular complexity index is 437. The van der Waals surface area contributed by atoms with E-state index in [-0.39, 0.29) is 15.5 Å². The minimum absolute atomic E-state index is 0.0590. The molecule has 2 unspecified atom stereocenters. The lowest BCUT2D eigenvalue weighted by Gasteiger charge is -2.60. The van der Waals surface area contributed by atoms with Crippen LogP contribution < -0.4 is 4.72 Å². The van der Waals surface area contributed by atoms with Gasteiger partial charge in [-0.05, 0) is 55.8 Å². The first-order chi connectivity index (χ1) is 8.34. The summed E-state index contributed by atoms with van der Waals surface area (Å²) in [6, 6.07) is 0. The standard InChI is InChI=1S/C12H19Cl2NO2S/c13-8-18(16,17)15-7-11-2-9-1-10(3-11)5-12(14,4-9)6-11/h9-10,15H,1-8H2. The Morgan fingerprint density at radius 1 is 1.17 bits per heavy atom. The van der Waals surface area contributed by atoms with Crippen LogP contribution in [0.3, 0.4) is 0 Å². The molecule has 18 heavy (non-hydrogen) atoms. The Balaban J connectivity index is 1.75. The van der Waals surface area contributed by atoms with Crippen LogP contribution in [0, 0.1) is 17.3 Å². The Kier molecular flexibility index (Phi) is 3.17. The minimum atomic E-state index is -3.31. The smallest absolute Gasteiger partial charge is 0.214 e. The number of nitrogens with one attached hydrogen (secondary N) is 1. The van der Waals surface area contributed by atoms with Gasteiger partial charge in [-0.25, -0.2) is 13.1 Å². The van der Waals surface area contributed by atoms with E-state index in [1.54, 1.807) is 0 Å². The third-order valence-corrected chi connectivity index (χ3v) is 7.10. The second-order valence-corrected chi connectivity index (χ2v) is 9.85. The summed E-state index contributed by atoms with van der Waals surface area (Å²) in [6.45, 7) is 0.517. The predicted molar refractivity (Wildman–Crippen MR) is 73.3 cm³/mol. The molecule has 4 saturated carbocycles. The van der Waals surface area contributed by atoms with Crippen molar-refractivity contribution in [3.8, 4) is 0 Å². The van der Waals surface area contributed by atoms with E-state index in [0.717, 1.165) is 32.1 Å². The Hall–Kier alpha value is 0.490. The van der Waals surface area contributed by atoms with Crippen LogP contribution in [-0.4, -0.2) is 25.0 Å². The van der Waals surface area contributed by atoms with Crippen LogP contribution in [0.1, 0.15) is 38.5 Å². The van der Waals surface area contributed by atoms with Crippen molar-refractivity contribution in [3.05, 3.63) is 0 Å². The summed E-state index contributed by atoms with van der Waals surface area (Å²) in [7, 11) is -3.31. The summed E-state index contributed by atoms with van der Waals surface area (Å²) < 4.78 is 25.7. The molecule has 4 bridgehead atoms. The molecule has 3 nitrogen and oxygen atoms in total. The van der Waals surface area contributed by atoms with E-state index >= 15 is 0 Å². The lowest BCUT2D eigenvalue weighted by Crippen LogP contribution is -2.56. The molecule has 104 valence electrons. The molecule has 4 fully saturated rings. The Labute approximate surface area is 119 Å². The lowest BCUT2D eigenvalue weighted by atomic mass is 9.49. The summed E-state index contributed by atoms with van der Waals surface area (Å²) >= 11 is 12.1. The molecule has 4 aliphatic rings. The van der Waals surface area contributed by atoms with Crippen molar-refractivity contribution in [1.82, 2.24) is 4.72 Å². The Morgan fingerprint density at radius 3 is 2.28 bits per heavy atom. The van der Waals surface area contributed by atoms with E-state index in [0.29, 0.717) is 18.4 Å². The number of rotatable bonds is 4. The second kappa shape index (κ2) is 4.24. The maximum atomic E-state index is 11.5. The lowest BCUT2D eigenvalue weighted by molar-refractivity contribution is -0.0360. The van der Waals surface area contributed by atoms with Crippen LogP contribution in [0.25, 0.3) is 0 Å². The first kappa shape index (κ1) is 13.5. The molecule has 0 aromatic heterocycles. The topological polar surface area (TPSA) is 46.2 Å². The molecule has 4 aliphatic carbocycles. The van der Waals surface area contributed by atoms with Crippen molar-refractivity contribution in [2.24, 2.45) is 17.3 Å². The fraction of sp³-hybridized carbons (Fsp3) is 1.00. The van der Waals surface area contributed by atoms with E-state index in [1.807, 2.05) is 0 Å². The van der Waals surface area contributed by atoms with Crippen LogP contribution in [0.5, 0.6) is 0 Å². The van der Waals surface area contributed by atoms with Gasteiger partial charge < -0.3 is 0 Å². The van der Waals surface area contributed by atoms with Gasteiger partial charge in [0.15, 0.2) is 0 Å². The van der Waals surface area contributed by atoms with E-state index in [2.05, 4.69) is 4.72 Å². The third-order valence-electron chi connectivity index (χ3n) is 4.92. The van der Waals surface area contributed by atoms with E-state index in [9.17, 15) is 8.42 Å². The molecule has 1 N–H and O–H groups in total. The van der Waals surface area contributed by atoms with Gasteiger partial charge in [0.05, 0.1) is 0 Å². The molecular weight excluding hydrogens is 293 g/mol. The molecule has 0 aromatic rings. The maximum absolute atomic E-state index is 11.5. The third kappa shape index (κ3) is 2.41. The second-order valence-electron chi connectivity index (χ2n) is 6.66. The van der Waals surface area contributed by atoms with Crippen LogP contribution in [-0.2, 0) is 10.0 Å². The minimum Gasteiger partial charge on any atom is -0.214 e. The number of hydrogen-bond donors (Lipinski definition) is 1. The predicted octanol–water partition coefficient (Wildman–Crippen LogP) is 2.68. The number of sulfonamides is 1. The van der Waals surface area contributed by atoms with Gasteiger partial charge in [-0.2, -0.15) is 0 Å². The van der Waals surface area contributed by atoms with E-state index in [1.165, 1.54) is 6.42 Å². The zero-order valence-electron chi connectivity index (χ0n) is 10.3. The van der Waals surface area contributed by atoms with Crippen molar-refractivity contribution in [3.63, 3.8) is 0 Å². The van der Waals surface area contributed by atoms with Crippen LogP contribution in [0.2, 0.25) is 0 Å². The van der Waals surface area contributed by atoms with Gasteiger partial charge in [-0.15, -0.1) is 23.2 Å². The first-order valence-electron chi connectivity index (χ1n) is 6.56. The molecule has 0 amide bonds. The van der Waals surface area contributed by atoms with Crippen LogP contribution in [0.15, 0.2) is 0 Å². The number of halogens is 2. The quantitative estimate of drug-likeness (QED) is 0.811. The molecule has 0 aliphatic heterocycles. The average molecular weight is 312 g/mol. The normalized spacial score (nSPS) is 46.6. The summed E-state index contributed by atoms with van der Waals surface area (Å²) in [5.41, 5.74) is 0.0883. The van der Waals surface area contributed by atoms with Crippen molar-refractivity contribution < 1.29 is 8.42 Å². The Morgan fingerprint density at radius 2 is 1.78 bits per heavy atom. The molecule has 0 radical (unpaired) electrons. The van der Waals surface area contributed by atoms with E-state index < -0.39 is 10.0 Å². The van der Waals surface area contributed by atoms with Crippen molar-refractivity contribution in [1.29, 1.82) is 0 Å². The molecular formula is C12H19Cl2NO2S. The average Bonchev–Trinajstić information content (AvgIpc) is 2.23. The summed E-state index contributed by atoms with van der Waals surface area (Å²) in [5, 5.41) is -0.359. The first-order valence-corrected chi connectivity index (χ1v) is 9.13.